The van der Waals surface area contributed by atoms with E-state index in [4.69, 9.17) is 11.6 Å². The average molecular weight is 445 g/mol. The molecule has 2 aromatic carbocycles. The third kappa shape index (κ3) is 4.66. The molecule has 1 aliphatic carbocycles. The molecule has 0 radical (unpaired) electrons. The highest BCUT2D eigenvalue weighted by molar-refractivity contribution is 7.03. The Morgan fingerprint density at radius 1 is 1.17 bits per heavy atom. The molecule has 9 heteroatoms. The number of amides is 2. The molecule has 4 rings (SSSR count). The Morgan fingerprint density at radius 3 is 2.47 bits per heavy atom. The van der Waals surface area contributed by atoms with Gasteiger partial charge in [0.2, 0.25) is 5.91 Å². The van der Waals surface area contributed by atoms with Crippen molar-refractivity contribution in [1.82, 2.24) is 19.8 Å². The van der Waals surface area contributed by atoms with E-state index in [1.54, 1.807) is 46.7 Å². The lowest BCUT2D eigenvalue weighted by Crippen LogP contribution is -2.45. The van der Waals surface area contributed by atoms with Crippen LogP contribution in [0.15, 0.2) is 53.9 Å². The van der Waals surface area contributed by atoms with Crippen molar-refractivity contribution in [2.45, 2.75) is 31.5 Å². The van der Waals surface area contributed by atoms with Crippen molar-refractivity contribution in [3.8, 4) is 0 Å². The summed E-state index contributed by atoms with van der Waals surface area (Å²) >= 11 is 7.11. The molecule has 154 valence electrons. The quantitative estimate of drug-likeness (QED) is 0.597. The number of nitrogens with zero attached hydrogens (tertiary/aromatic N) is 3. The van der Waals surface area contributed by atoms with Crippen molar-refractivity contribution in [2.75, 3.05) is 0 Å². The van der Waals surface area contributed by atoms with Crippen molar-refractivity contribution in [3.05, 3.63) is 81.6 Å². The van der Waals surface area contributed by atoms with Crippen LogP contribution in [0.25, 0.3) is 0 Å². The van der Waals surface area contributed by atoms with Gasteiger partial charge < -0.3 is 10.2 Å². The van der Waals surface area contributed by atoms with Gasteiger partial charge in [-0.05, 0) is 59.8 Å². The average Bonchev–Trinajstić information content (AvgIpc) is 3.43. The fraction of sp³-hybridized carbons (Fsp3) is 0.238. The Balaban J connectivity index is 1.62. The van der Waals surface area contributed by atoms with Crippen LogP contribution < -0.4 is 5.32 Å². The lowest BCUT2D eigenvalue weighted by molar-refractivity contribution is -0.126. The molecule has 1 N–H and O–H groups in total. The predicted molar refractivity (Wildman–Crippen MR) is 112 cm³/mol. The molecule has 0 unspecified atom stereocenters. The third-order valence-electron chi connectivity index (χ3n) is 4.85. The Kier molecular flexibility index (Phi) is 6.06. The number of nitrogens with one attached hydrogen (secondary N) is 1. The number of aromatic nitrogens is 2. The van der Waals surface area contributed by atoms with Gasteiger partial charge in [-0.15, -0.1) is 5.10 Å². The summed E-state index contributed by atoms with van der Waals surface area (Å²) in [6.45, 7) is 0.216. The van der Waals surface area contributed by atoms with Gasteiger partial charge in [0.15, 0.2) is 5.69 Å². The zero-order valence-corrected chi connectivity index (χ0v) is 17.4. The summed E-state index contributed by atoms with van der Waals surface area (Å²) in [5, 5.41) is 8.88. The second-order valence-corrected chi connectivity index (χ2v) is 8.08. The van der Waals surface area contributed by atoms with Crippen LogP contribution in [0.2, 0.25) is 5.02 Å². The molecule has 1 heterocycles. The zero-order chi connectivity index (χ0) is 21.1. The van der Waals surface area contributed by atoms with Crippen LogP contribution in [0.1, 0.15) is 40.5 Å². The van der Waals surface area contributed by atoms with Gasteiger partial charge in [-0.3, -0.25) is 9.59 Å². The molecule has 0 bridgehead atoms. The third-order valence-corrected chi connectivity index (χ3v) is 5.60. The van der Waals surface area contributed by atoms with Crippen molar-refractivity contribution < 1.29 is 14.0 Å². The molecule has 1 aliphatic rings. The first-order chi connectivity index (χ1) is 14.5. The van der Waals surface area contributed by atoms with Gasteiger partial charge in [-0.25, -0.2) is 4.39 Å². The standard InChI is InChI=1S/C21H18ClFN4O2S/c22-15-5-3-14(4-6-15)19(20(28)24-11-13-1-7-16(23)8-2-13)27(17-9-10-17)21(29)18-12-30-26-25-18/h1-8,12,17,19H,9-11H2,(H,24,28)/t19-/m1/s1. The Labute approximate surface area is 181 Å². The SMILES string of the molecule is O=C(NCc1ccc(F)cc1)[C@@H](c1ccc(Cl)cc1)N(C(=O)c1csnn1)C1CC1. The molecule has 0 aliphatic heterocycles. The van der Waals surface area contributed by atoms with E-state index in [-0.39, 0.29) is 35.9 Å². The summed E-state index contributed by atoms with van der Waals surface area (Å²) in [4.78, 5) is 28.0. The minimum atomic E-state index is -0.843. The number of carbonyl (C=O) groups is 2. The van der Waals surface area contributed by atoms with E-state index in [0.29, 0.717) is 10.6 Å². The monoisotopic (exact) mass is 444 g/mol. The fourth-order valence-corrected chi connectivity index (χ4v) is 3.76. The number of benzene rings is 2. The summed E-state index contributed by atoms with van der Waals surface area (Å²) in [6, 6.07) is 11.9. The minimum Gasteiger partial charge on any atom is -0.350 e. The summed E-state index contributed by atoms with van der Waals surface area (Å²) in [5.41, 5.74) is 1.63. The van der Waals surface area contributed by atoms with Gasteiger partial charge in [-0.2, -0.15) is 0 Å². The summed E-state index contributed by atoms with van der Waals surface area (Å²) in [5.74, 6) is -1.00. The molecule has 3 aromatic rings. The summed E-state index contributed by atoms with van der Waals surface area (Å²) < 4.78 is 16.9. The van der Waals surface area contributed by atoms with Gasteiger partial charge in [-0.1, -0.05) is 40.4 Å². The van der Waals surface area contributed by atoms with E-state index in [1.165, 1.54) is 12.1 Å². The van der Waals surface area contributed by atoms with Crippen LogP contribution in [-0.4, -0.2) is 32.3 Å². The Morgan fingerprint density at radius 2 is 1.87 bits per heavy atom. The fourth-order valence-electron chi connectivity index (χ4n) is 3.21. The van der Waals surface area contributed by atoms with Crippen LogP contribution in [0, 0.1) is 5.82 Å². The topological polar surface area (TPSA) is 75.2 Å². The normalized spacial score (nSPS) is 14.2. The first-order valence-corrected chi connectivity index (χ1v) is 10.6. The van der Waals surface area contributed by atoms with Crippen LogP contribution in [0.3, 0.4) is 0 Å². The zero-order valence-electron chi connectivity index (χ0n) is 15.8. The maximum absolute atomic E-state index is 13.3. The van der Waals surface area contributed by atoms with E-state index >= 15 is 0 Å². The molecule has 6 nitrogen and oxygen atoms in total. The Hall–Kier alpha value is -2.84. The maximum atomic E-state index is 13.3. The molecule has 1 aromatic heterocycles. The maximum Gasteiger partial charge on any atom is 0.276 e. The molecule has 1 fully saturated rings. The van der Waals surface area contributed by atoms with Gasteiger partial charge in [0.1, 0.15) is 11.9 Å². The molecule has 1 atom stereocenters. The molecular weight excluding hydrogens is 427 g/mol. The minimum absolute atomic E-state index is 0.0450. The van der Waals surface area contributed by atoms with E-state index in [2.05, 4.69) is 14.9 Å². The second-order valence-electron chi connectivity index (χ2n) is 7.03. The highest BCUT2D eigenvalue weighted by Gasteiger charge is 2.42. The molecule has 0 saturated heterocycles. The number of hydrogen-bond acceptors (Lipinski definition) is 5. The lowest BCUT2D eigenvalue weighted by Gasteiger charge is -2.31. The Bertz CT molecular complexity index is 1020. The van der Waals surface area contributed by atoms with E-state index < -0.39 is 6.04 Å². The van der Waals surface area contributed by atoms with Gasteiger partial charge in [0.05, 0.1) is 0 Å². The number of rotatable bonds is 7. The smallest absolute Gasteiger partial charge is 0.276 e. The van der Waals surface area contributed by atoms with Crippen LogP contribution in [-0.2, 0) is 11.3 Å². The van der Waals surface area contributed by atoms with E-state index in [1.807, 2.05) is 0 Å². The molecule has 0 spiro atoms. The molecule has 1 saturated carbocycles. The van der Waals surface area contributed by atoms with Crippen LogP contribution in [0.5, 0.6) is 0 Å². The highest BCUT2D eigenvalue weighted by Crippen LogP contribution is 2.36. The largest absolute Gasteiger partial charge is 0.350 e. The molecular formula is C21H18ClFN4O2S. The number of carbonyl (C=O) groups excluding carboxylic acids is 2. The predicted octanol–water partition coefficient (Wildman–Crippen LogP) is 3.99. The lowest BCUT2D eigenvalue weighted by atomic mass is 10.0. The van der Waals surface area contributed by atoms with Crippen molar-refractivity contribution in [3.63, 3.8) is 0 Å². The van der Waals surface area contributed by atoms with E-state index in [9.17, 15) is 14.0 Å². The summed E-state index contributed by atoms with van der Waals surface area (Å²) in [6.07, 6.45) is 1.64. The van der Waals surface area contributed by atoms with Crippen molar-refractivity contribution in [1.29, 1.82) is 0 Å². The van der Waals surface area contributed by atoms with Crippen molar-refractivity contribution >= 4 is 34.9 Å². The number of hydrogen-bond donors (Lipinski definition) is 1. The van der Waals surface area contributed by atoms with Gasteiger partial charge >= 0.3 is 0 Å². The molecule has 2 amide bonds. The molecule has 30 heavy (non-hydrogen) atoms. The van der Waals surface area contributed by atoms with Crippen LogP contribution >= 0.6 is 23.1 Å². The van der Waals surface area contributed by atoms with Crippen molar-refractivity contribution in [2.24, 2.45) is 0 Å². The van der Waals surface area contributed by atoms with Crippen LogP contribution in [0.4, 0.5) is 4.39 Å². The van der Waals surface area contributed by atoms with E-state index in [0.717, 1.165) is 29.9 Å². The second kappa shape index (κ2) is 8.89. The number of halogens is 2. The summed E-state index contributed by atoms with van der Waals surface area (Å²) in [7, 11) is 0. The van der Waals surface area contributed by atoms with Gasteiger partial charge in [0, 0.05) is 23.0 Å². The van der Waals surface area contributed by atoms with Gasteiger partial charge in [0.25, 0.3) is 5.91 Å². The first-order valence-electron chi connectivity index (χ1n) is 9.40. The highest BCUT2D eigenvalue weighted by atomic mass is 35.5. The first kappa shape index (κ1) is 20.4.